The molecular formula is C15H20ClN3. The lowest BCUT2D eigenvalue weighted by Gasteiger charge is -2.14. The summed E-state index contributed by atoms with van der Waals surface area (Å²) in [6, 6.07) is 8.24. The molecule has 102 valence electrons. The van der Waals surface area contributed by atoms with E-state index < -0.39 is 0 Å². The predicted octanol–water partition coefficient (Wildman–Crippen LogP) is 3.49. The van der Waals surface area contributed by atoms with Crippen molar-refractivity contribution in [3.05, 3.63) is 52.3 Å². The Morgan fingerprint density at radius 3 is 2.89 bits per heavy atom. The Morgan fingerprint density at radius 2 is 2.21 bits per heavy atom. The molecule has 2 rings (SSSR count). The van der Waals surface area contributed by atoms with Crippen LogP contribution in [-0.2, 0) is 20.0 Å². The summed E-state index contributed by atoms with van der Waals surface area (Å²) in [5.41, 5.74) is 3.63. The smallest absolute Gasteiger partial charge is 0.0666 e. The molecule has 1 aromatic carbocycles. The highest BCUT2D eigenvalue weighted by Crippen LogP contribution is 2.18. The van der Waals surface area contributed by atoms with Gasteiger partial charge in [0.2, 0.25) is 0 Å². The summed E-state index contributed by atoms with van der Waals surface area (Å²) in [5.74, 6) is 0. The average molecular weight is 278 g/mol. The van der Waals surface area contributed by atoms with Crippen LogP contribution in [0, 0.1) is 0 Å². The largest absolute Gasteiger partial charge is 0.306 e. The van der Waals surface area contributed by atoms with E-state index in [4.69, 9.17) is 11.6 Å². The number of nitrogens with one attached hydrogen (secondary N) is 1. The van der Waals surface area contributed by atoms with Crippen molar-refractivity contribution in [2.45, 2.75) is 32.9 Å². The van der Waals surface area contributed by atoms with Crippen LogP contribution in [0.4, 0.5) is 0 Å². The van der Waals surface area contributed by atoms with Gasteiger partial charge in [-0.1, -0.05) is 30.7 Å². The molecule has 0 spiro atoms. The van der Waals surface area contributed by atoms with Gasteiger partial charge in [-0.3, -0.25) is 4.68 Å². The van der Waals surface area contributed by atoms with E-state index in [-0.39, 0.29) is 6.04 Å². The van der Waals surface area contributed by atoms with Crippen molar-refractivity contribution in [1.29, 1.82) is 0 Å². The van der Waals surface area contributed by atoms with E-state index >= 15 is 0 Å². The van der Waals surface area contributed by atoms with Crippen LogP contribution in [0.5, 0.6) is 0 Å². The van der Waals surface area contributed by atoms with Gasteiger partial charge in [0.15, 0.2) is 0 Å². The van der Waals surface area contributed by atoms with Crippen LogP contribution < -0.4 is 5.32 Å². The molecule has 4 heteroatoms. The first-order valence-electron chi connectivity index (χ1n) is 6.60. The summed E-state index contributed by atoms with van der Waals surface area (Å²) in [7, 11) is 1.96. The second kappa shape index (κ2) is 6.22. The fourth-order valence-electron chi connectivity index (χ4n) is 2.19. The highest BCUT2D eigenvalue weighted by molar-refractivity contribution is 6.30. The maximum absolute atomic E-state index is 6.02. The molecule has 0 saturated heterocycles. The van der Waals surface area contributed by atoms with Gasteiger partial charge in [0.05, 0.1) is 5.69 Å². The second-order valence-electron chi connectivity index (χ2n) is 4.79. The Kier molecular flexibility index (Phi) is 4.61. The van der Waals surface area contributed by atoms with E-state index in [0.29, 0.717) is 0 Å². The van der Waals surface area contributed by atoms with Crippen molar-refractivity contribution in [3.63, 3.8) is 0 Å². The molecule has 0 bridgehead atoms. The summed E-state index contributed by atoms with van der Waals surface area (Å²) >= 11 is 6.02. The third-order valence-corrected chi connectivity index (χ3v) is 3.51. The van der Waals surface area contributed by atoms with Gasteiger partial charge >= 0.3 is 0 Å². The quantitative estimate of drug-likeness (QED) is 0.907. The van der Waals surface area contributed by atoms with Crippen molar-refractivity contribution < 1.29 is 0 Å². The standard InChI is InChI=1S/C15H20ClN3/c1-4-15-13(10-19(3)18-15)9-17-11(2)12-6-5-7-14(16)8-12/h5-8,10-11,17H,4,9H2,1-3H3. The van der Waals surface area contributed by atoms with Crippen LogP contribution in [0.2, 0.25) is 5.02 Å². The van der Waals surface area contributed by atoms with Crippen molar-refractivity contribution in [2.75, 3.05) is 0 Å². The lowest BCUT2D eigenvalue weighted by atomic mass is 10.1. The van der Waals surface area contributed by atoms with E-state index in [1.54, 1.807) is 0 Å². The maximum atomic E-state index is 6.02. The lowest BCUT2D eigenvalue weighted by molar-refractivity contribution is 0.572. The molecule has 0 aliphatic carbocycles. The summed E-state index contributed by atoms with van der Waals surface area (Å²) < 4.78 is 1.87. The Bertz CT molecular complexity index is 548. The molecule has 1 atom stereocenters. The molecule has 0 aliphatic heterocycles. The molecular weight excluding hydrogens is 258 g/mol. The fraction of sp³-hybridized carbons (Fsp3) is 0.400. The van der Waals surface area contributed by atoms with Crippen LogP contribution in [0.3, 0.4) is 0 Å². The molecule has 1 aromatic heterocycles. The normalized spacial score (nSPS) is 12.6. The fourth-order valence-corrected chi connectivity index (χ4v) is 2.38. The van der Waals surface area contributed by atoms with Crippen molar-refractivity contribution in [1.82, 2.24) is 15.1 Å². The maximum Gasteiger partial charge on any atom is 0.0666 e. The Morgan fingerprint density at radius 1 is 1.42 bits per heavy atom. The van der Waals surface area contributed by atoms with E-state index in [9.17, 15) is 0 Å². The topological polar surface area (TPSA) is 29.9 Å². The van der Waals surface area contributed by atoms with Gasteiger partial charge in [-0.05, 0) is 31.0 Å². The summed E-state index contributed by atoms with van der Waals surface area (Å²) in [6.45, 7) is 5.10. The number of hydrogen-bond donors (Lipinski definition) is 1. The predicted molar refractivity (Wildman–Crippen MR) is 79.3 cm³/mol. The molecule has 1 unspecified atom stereocenters. The average Bonchev–Trinajstić information content (AvgIpc) is 2.76. The molecule has 19 heavy (non-hydrogen) atoms. The highest BCUT2D eigenvalue weighted by Gasteiger charge is 2.09. The minimum atomic E-state index is 0.267. The van der Waals surface area contributed by atoms with Gasteiger partial charge in [-0.2, -0.15) is 5.10 Å². The molecule has 0 saturated carbocycles. The zero-order valence-electron chi connectivity index (χ0n) is 11.7. The van der Waals surface area contributed by atoms with Crippen LogP contribution >= 0.6 is 11.6 Å². The van der Waals surface area contributed by atoms with Gasteiger partial charge in [0.25, 0.3) is 0 Å². The Balaban J connectivity index is 2.02. The number of aromatic nitrogens is 2. The minimum Gasteiger partial charge on any atom is -0.306 e. The highest BCUT2D eigenvalue weighted by atomic mass is 35.5. The first kappa shape index (κ1) is 14.1. The van der Waals surface area contributed by atoms with E-state index in [2.05, 4.69) is 36.5 Å². The number of nitrogens with zero attached hydrogens (tertiary/aromatic N) is 2. The van der Waals surface area contributed by atoms with Gasteiger partial charge in [-0.25, -0.2) is 0 Å². The number of hydrogen-bond acceptors (Lipinski definition) is 2. The van der Waals surface area contributed by atoms with Crippen molar-refractivity contribution in [3.8, 4) is 0 Å². The monoisotopic (exact) mass is 277 g/mol. The van der Waals surface area contributed by atoms with Gasteiger partial charge in [-0.15, -0.1) is 0 Å². The molecule has 0 amide bonds. The molecule has 2 aromatic rings. The number of rotatable bonds is 5. The molecule has 1 heterocycles. The number of benzene rings is 1. The third-order valence-electron chi connectivity index (χ3n) is 3.27. The van der Waals surface area contributed by atoms with Crippen LogP contribution in [-0.4, -0.2) is 9.78 Å². The summed E-state index contributed by atoms with van der Waals surface area (Å²) in [4.78, 5) is 0. The van der Waals surface area contributed by atoms with Gasteiger partial charge in [0, 0.05) is 36.4 Å². The van der Waals surface area contributed by atoms with Crippen molar-refractivity contribution in [2.24, 2.45) is 7.05 Å². The van der Waals surface area contributed by atoms with E-state index in [1.807, 2.05) is 29.9 Å². The molecule has 0 radical (unpaired) electrons. The van der Waals surface area contributed by atoms with Crippen LogP contribution in [0.15, 0.2) is 30.5 Å². The van der Waals surface area contributed by atoms with Gasteiger partial charge in [0.1, 0.15) is 0 Å². The third kappa shape index (κ3) is 3.58. The lowest BCUT2D eigenvalue weighted by Crippen LogP contribution is -2.18. The SMILES string of the molecule is CCc1nn(C)cc1CNC(C)c1cccc(Cl)c1. The van der Waals surface area contributed by atoms with Crippen molar-refractivity contribution >= 4 is 11.6 Å². The molecule has 0 aliphatic rings. The van der Waals surface area contributed by atoms with Crippen LogP contribution in [0.1, 0.15) is 36.7 Å². The van der Waals surface area contributed by atoms with E-state index in [0.717, 1.165) is 23.7 Å². The number of halogens is 1. The molecule has 0 fully saturated rings. The van der Waals surface area contributed by atoms with Gasteiger partial charge < -0.3 is 5.32 Å². The first-order chi connectivity index (χ1) is 9.10. The number of aryl methyl sites for hydroxylation is 2. The summed E-state index contributed by atoms with van der Waals surface area (Å²) in [6.07, 6.45) is 3.04. The first-order valence-corrected chi connectivity index (χ1v) is 6.98. The second-order valence-corrected chi connectivity index (χ2v) is 5.22. The Labute approximate surface area is 119 Å². The summed E-state index contributed by atoms with van der Waals surface area (Å²) in [5, 5.41) is 8.75. The molecule has 3 nitrogen and oxygen atoms in total. The zero-order chi connectivity index (χ0) is 13.8. The van der Waals surface area contributed by atoms with Crippen LogP contribution in [0.25, 0.3) is 0 Å². The minimum absolute atomic E-state index is 0.267. The molecule has 1 N–H and O–H groups in total. The zero-order valence-corrected chi connectivity index (χ0v) is 12.4. The Hall–Kier alpha value is -1.32. The van der Waals surface area contributed by atoms with E-state index in [1.165, 1.54) is 11.1 Å².